The molecule has 0 saturated carbocycles. The zero-order valence-electron chi connectivity index (χ0n) is 11.1. The second-order valence-corrected chi connectivity index (χ2v) is 5.33. The molecule has 2 aromatic carbocycles. The largest absolute Gasteiger partial charge is 0.309 e. The van der Waals surface area contributed by atoms with Crippen LogP contribution in [0.1, 0.15) is 29.7 Å². The van der Waals surface area contributed by atoms with Crippen LogP contribution in [0.15, 0.2) is 42.5 Å². The molecule has 0 radical (unpaired) electrons. The van der Waals surface area contributed by atoms with Crippen LogP contribution in [0.3, 0.4) is 0 Å². The average Bonchev–Trinajstić information content (AvgIpc) is 2.42. The highest BCUT2D eigenvalue weighted by atomic mass is 35.5. The number of hydrogen-bond acceptors (Lipinski definition) is 1. The zero-order chi connectivity index (χ0) is 13.8. The van der Waals surface area contributed by atoms with Crippen molar-refractivity contribution in [2.24, 2.45) is 0 Å². The summed E-state index contributed by atoms with van der Waals surface area (Å²) in [6.07, 6.45) is 1.03. The van der Waals surface area contributed by atoms with Gasteiger partial charge in [0.05, 0.1) is 6.04 Å². The Kier molecular flexibility index (Phi) is 4.87. The highest BCUT2D eigenvalue weighted by molar-refractivity contribution is 6.35. The van der Waals surface area contributed by atoms with Gasteiger partial charge in [0.1, 0.15) is 0 Å². The molecule has 1 atom stereocenters. The van der Waals surface area contributed by atoms with E-state index in [-0.39, 0.29) is 6.04 Å². The molecule has 0 aliphatic carbocycles. The highest BCUT2D eigenvalue weighted by Crippen LogP contribution is 2.30. The molecule has 2 aromatic rings. The first kappa shape index (κ1) is 14.4. The van der Waals surface area contributed by atoms with Crippen LogP contribution in [-0.4, -0.2) is 7.05 Å². The third-order valence-corrected chi connectivity index (χ3v) is 3.82. The molecule has 1 nitrogen and oxygen atoms in total. The van der Waals surface area contributed by atoms with Crippen molar-refractivity contribution in [3.63, 3.8) is 0 Å². The molecule has 0 spiro atoms. The van der Waals surface area contributed by atoms with Crippen LogP contribution in [0.4, 0.5) is 0 Å². The number of aryl methyl sites for hydroxylation is 1. The highest BCUT2D eigenvalue weighted by Gasteiger charge is 2.15. The molecular weight excluding hydrogens is 277 g/mol. The Bertz CT molecular complexity index is 566. The molecule has 1 N–H and O–H groups in total. The van der Waals surface area contributed by atoms with E-state index in [4.69, 9.17) is 23.2 Å². The molecule has 0 bridgehead atoms. The van der Waals surface area contributed by atoms with Crippen molar-refractivity contribution in [3.8, 4) is 0 Å². The van der Waals surface area contributed by atoms with E-state index in [2.05, 4.69) is 36.5 Å². The molecule has 2 rings (SSSR count). The molecule has 1 unspecified atom stereocenters. The third-order valence-electron chi connectivity index (χ3n) is 3.25. The van der Waals surface area contributed by atoms with Gasteiger partial charge in [-0.15, -0.1) is 0 Å². The SMILES string of the molecule is CCc1cccc(C(NC)c2ccc(Cl)cc2Cl)c1. The lowest BCUT2D eigenvalue weighted by Crippen LogP contribution is -2.18. The number of hydrogen-bond donors (Lipinski definition) is 1. The maximum absolute atomic E-state index is 6.30. The maximum atomic E-state index is 6.30. The molecule has 0 aromatic heterocycles. The summed E-state index contributed by atoms with van der Waals surface area (Å²) in [5.74, 6) is 0. The maximum Gasteiger partial charge on any atom is 0.0589 e. The number of benzene rings is 2. The van der Waals surface area contributed by atoms with Crippen molar-refractivity contribution in [1.82, 2.24) is 5.32 Å². The van der Waals surface area contributed by atoms with Crippen molar-refractivity contribution in [2.75, 3.05) is 7.05 Å². The summed E-state index contributed by atoms with van der Waals surface area (Å²) in [5, 5.41) is 4.67. The molecule has 0 amide bonds. The van der Waals surface area contributed by atoms with Crippen LogP contribution >= 0.6 is 23.2 Å². The predicted octanol–water partition coefficient (Wildman–Crippen LogP) is 4.86. The van der Waals surface area contributed by atoms with Gasteiger partial charge >= 0.3 is 0 Å². The first-order valence-electron chi connectivity index (χ1n) is 6.36. The van der Waals surface area contributed by atoms with Crippen molar-refractivity contribution in [3.05, 3.63) is 69.2 Å². The Balaban J connectivity index is 2.43. The van der Waals surface area contributed by atoms with E-state index in [1.165, 1.54) is 11.1 Å². The fourth-order valence-electron chi connectivity index (χ4n) is 2.23. The second kappa shape index (κ2) is 6.42. The Labute approximate surface area is 124 Å². The van der Waals surface area contributed by atoms with Crippen LogP contribution in [0, 0.1) is 0 Å². The van der Waals surface area contributed by atoms with E-state index in [9.17, 15) is 0 Å². The number of halogens is 2. The predicted molar refractivity (Wildman–Crippen MR) is 83.2 cm³/mol. The van der Waals surface area contributed by atoms with Crippen LogP contribution in [0.5, 0.6) is 0 Å². The lowest BCUT2D eigenvalue weighted by molar-refractivity contribution is 0.691. The van der Waals surface area contributed by atoms with Crippen molar-refractivity contribution < 1.29 is 0 Å². The minimum atomic E-state index is 0.0799. The van der Waals surface area contributed by atoms with Gasteiger partial charge in [0.2, 0.25) is 0 Å². The zero-order valence-corrected chi connectivity index (χ0v) is 12.6. The smallest absolute Gasteiger partial charge is 0.0589 e. The minimum absolute atomic E-state index is 0.0799. The Morgan fingerprint density at radius 3 is 2.53 bits per heavy atom. The first-order valence-corrected chi connectivity index (χ1v) is 7.12. The van der Waals surface area contributed by atoms with Crippen LogP contribution in [0.25, 0.3) is 0 Å². The Morgan fingerprint density at radius 2 is 1.89 bits per heavy atom. The van der Waals surface area contributed by atoms with E-state index in [1.54, 1.807) is 6.07 Å². The van der Waals surface area contributed by atoms with Gasteiger partial charge in [-0.05, 0) is 42.3 Å². The molecule has 0 heterocycles. The Morgan fingerprint density at radius 1 is 1.11 bits per heavy atom. The van der Waals surface area contributed by atoms with Crippen molar-refractivity contribution in [2.45, 2.75) is 19.4 Å². The van der Waals surface area contributed by atoms with Gasteiger partial charge in [-0.2, -0.15) is 0 Å². The molecule has 3 heteroatoms. The van der Waals surface area contributed by atoms with Gasteiger partial charge in [-0.1, -0.05) is 60.5 Å². The summed E-state index contributed by atoms with van der Waals surface area (Å²) in [4.78, 5) is 0. The van der Waals surface area contributed by atoms with E-state index < -0.39 is 0 Å². The average molecular weight is 294 g/mol. The molecular formula is C16H17Cl2N. The van der Waals surface area contributed by atoms with Crippen LogP contribution in [-0.2, 0) is 6.42 Å². The summed E-state index contributed by atoms with van der Waals surface area (Å²) in [6, 6.07) is 14.3. The fraction of sp³-hybridized carbons (Fsp3) is 0.250. The van der Waals surface area contributed by atoms with Crippen molar-refractivity contribution >= 4 is 23.2 Å². The minimum Gasteiger partial charge on any atom is -0.309 e. The van der Waals surface area contributed by atoms with E-state index in [0.29, 0.717) is 10.0 Å². The summed E-state index contributed by atoms with van der Waals surface area (Å²) >= 11 is 12.3. The summed E-state index contributed by atoms with van der Waals surface area (Å²) < 4.78 is 0. The lowest BCUT2D eigenvalue weighted by atomic mass is 9.96. The second-order valence-electron chi connectivity index (χ2n) is 4.49. The molecule has 0 aliphatic heterocycles. The van der Waals surface area contributed by atoms with Crippen LogP contribution in [0.2, 0.25) is 10.0 Å². The van der Waals surface area contributed by atoms with Gasteiger partial charge < -0.3 is 5.32 Å². The summed E-state index contributed by atoms with van der Waals surface area (Å²) in [5.41, 5.74) is 3.58. The van der Waals surface area contributed by atoms with Crippen LogP contribution < -0.4 is 5.32 Å². The first-order chi connectivity index (χ1) is 9.15. The normalized spacial score (nSPS) is 12.4. The number of nitrogens with one attached hydrogen (secondary N) is 1. The van der Waals surface area contributed by atoms with Gasteiger partial charge in [0.15, 0.2) is 0 Å². The molecule has 0 fully saturated rings. The molecule has 100 valence electrons. The molecule has 19 heavy (non-hydrogen) atoms. The molecule has 0 aliphatic rings. The summed E-state index contributed by atoms with van der Waals surface area (Å²) in [7, 11) is 1.94. The van der Waals surface area contributed by atoms with E-state index >= 15 is 0 Å². The quantitative estimate of drug-likeness (QED) is 0.848. The topological polar surface area (TPSA) is 12.0 Å². The van der Waals surface area contributed by atoms with Gasteiger partial charge in [-0.25, -0.2) is 0 Å². The van der Waals surface area contributed by atoms with E-state index in [0.717, 1.165) is 12.0 Å². The van der Waals surface area contributed by atoms with Gasteiger partial charge in [0.25, 0.3) is 0 Å². The Hall–Kier alpha value is -1.02. The molecule has 0 saturated heterocycles. The van der Waals surface area contributed by atoms with Gasteiger partial charge in [0, 0.05) is 10.0 Å². The third kappa shape index (κ3) is 3.30. The lowest BCUT2D eigenvalue weighted by Gasteiger charge is -2.19. The van der Waals surface area contributed by atoms with Crippen molar-refractivity contribution in [1.29, 1.82) is 0 Å². The number of rotatable bonds is 4. The standard InChI is InChI=1S/C16H17Cl2N/c1-3-11-5-4-6-12(9-11)16(19-2)14-8-7-13(17)10-15(14)18/h4-10,16,19H,3H2,1-2H3. The summed E-state index contributed by atoms with van der Waals surface area (Å²) in [6.45, 7) is 2.16. The van der Waals surface area contributed by atoms with E-state index in [1.807, 2.05) is 19.2 Å². The monoisotopic (exact) mass is 293 g/mol. The fourth-order valence-corrected chi connectivity index (χ4v) is 2.75. The van der Waals surface area contributed by atoms with Gasteiger partial charge in [-0.3, -0.25) is 0 Å².